The number of piperidine rings is 1. The third kappa shape index (κ3) is 4.72. The lowest BCUT2D eigenvalue weighted by Crippen LogP contribution is -2.33. The molecule has 0 saturated carbocycles. The van der Waals surface area contributed by atoms with Crippen molar-refractivity contribution in [2.75, 3.05) is 31.6 Å². The van der Waals surface area contributed by atoms with E-state index in [9.17, 15) is 4.79 Å². The normalized spacial score (nSPS) is 19.5. The summed E-state index contributed by atoms with van der Waals surface area (Å²) in [4.78, 5) is 24.5. The number of halogens is 2. The second-order valence-corrected chi connectivity index (χ2v) is 8.74. The Balaban J connectivity index is 0.00000144. The Hall–Kier alpha value is -2.28. The summed E-state index contributed by atoms with van der Waals surface area (Å²) in [5.74, 6) is 1.20. The number of nitrogens with one attached hydrogen (secondary N) is 1. The molecule has 2 aromatic heterocycles. The van der Waals surface area contributed by atoms with Crippen LogP contribution in [0.4, 0.5) is 5.82 Å². The van der Waals surface area contributed by atoms with Crippen LogP contribution in [0, 0.1) is 0 Å². The number of amides is 1. The Bertz CT molecular complexity index is 1060. The molecule has 0 aliphatic carbocycles. The molecule has 8 heteroatoms. The zero-order chi connectivity index (χ0) is 20.7. The monoisotopic (exact) mass is 475 g/mol. The molecule has 2 aliphatic heterocycles. The van der Waals surface area contributed by atoms with Crippen LogP contribution in [-0.4, -0.2) is 47.5 Å². The zero-order valence-corrected chi connectivity index (χ0v) is 19.9. The number of primary amides is 1. The number of fused-ring (bicyclic) bond motifs is 1. The van der Waals surface area contributed by atoms with Gasteiger partial charge in [0.15, 0.2) is 0 Å². The number of hydrogen-bond donors (Lipinski definition) is 2. The van der Waals surface area contributed by atoms with Crippen molar-refractivity contribution in [3.63, 3.8) is 0 Å². The van der Waals surface area contributed by atoms with Crippen molar-refractivity contribution in [3.8, 4) is 0 Å². The van der Waals surface area contributed by atoms with Gasteiger partial charge in [-0.15, -0.1) is 24.8 Å². The van der Waals surface area contributed by atoms with Gasteiger partial charge >= 0.3 is 0 Å². The van der Waals surface area contributed by atoms with Crippen LogP contribution in [0.25, 0.3) is 10.9 Å². The number of nitrogens with zero attached hydrogens (tertiary/aromatic N) is 3. The molecule has 3 aromatic rings. The largest absolute Gasteiger partial charge is 0.366 e. The van der Waals surface area contributed by atoms with Crippen LogP contribution in [0.1, 0.15) is 59.3 Å². The molecule has 172 valence electrons. The fraction of sp³-hybridized carbons (Fsp3) is 0.417. The van der Waals surface area contributed by atoms with E-state index in [0.717, 1.165) is 31.7 Å². The summed E-state index contributed by atoms with van der Waals surface area (Å²) >= 11 is 0. The third-order valence-electron chi connectivity index (χ3n) is 6.88. The molecule has 2 aliphatic rings. The molecule has 2 fully saturated rings. The minimum atomic E-state index is -0.370. The van der Waals surface area contributed by atoms with Crippen molar-refractivity contribution in [2.45, 2.75) is 37.6 Å². The topological polar surface area (TPSA) is 78.2 Å². The van der Waals surface area contributed by atoms with Crippen LogP contribution in [0.3, 0.4) is 0 Å². The lowest BCUT2D eigenvalue weighted by Gasteiger charge is -2.33. The average Bonchev–Trinajstić information content (AvgIpc) is 3.39. The van der Waals surface area contributed by atoms with E-state index in [1.807, 2.05) is 30.5 Å². The van der Waals surface area contributed by atoms with E-state index in [2.05, 4.69) is 34.0 Å². The third-order valence-corrected chi connectivity index (χ3v) is 6.88. The molecule has 3 N–H and O–H groups in total. The lowest BCUT2D eigenvalue weighted by atomic mass is 9.89. The number of rotatable bonds is 4. The maximum atomic E-state index is 11.3. The van der Waals surface area contributed by atoms with Crippen molar-refractivity contribution >= 4 is 47.4 Å². The highest BCUT2D eigenvalue weighted by Crippen LogP contribution is 2.34. The maximum absolute atomic E-state index is 11.3. The summed E-state index contributed by atoms with van der Waals surface area (Å²) in [6.45, 7) is 3.14. The molecule has 5 rings (SSSR count). The molecule has 0 bridgehead atoms. The second-order valence-electron chi connectivity index (χ2n) is 8.74. The number of pyridine rings is 1. The van der Waals surface area contributed by atoms with Gasteiger partial charge in [-0.3, -0.25) is 9.69 Å². The average molecular weight is 476 g/mol. The molecule has 32 heavy (non-hydrogen) atoms. The fourth-order valence-electron chi connectivity index (χ4n) is 5.05. The minimum absolute atomic E-state index is 0. The Kier molecular flexibility index (Phi) is 7.70. The van der Waals surface area contributed by atoms with Gasteiger partial charge in [0.1, 0.15) is 5.82 Å². The van der Waals surface area contributed by atoms with Crippen LogP contribution >= 0.6 is 24.8 Å². The number of hydrogen-bond acceptors (Lipinski definition) is 4. The predicted octanol–water partition coefficient (Wildman–Crippen LogP) is 4.66. The highest BCUT2D eigenvalue weighted by molar-refractivity contribution is 5.92. The molecule has 1 atom stereocenters. The minimum Gasteiger partial charge on any atom is -0.366 e. The molecular weight excluding hydrogens is 445 g/mol. The number of carbonyl (C=O) groups is 1. The first-order valence-electron chi connectivity index (χ1n) is 10.9. The Labute approximate surface area is 201 Å². The molecule has 1 amide bonds. The van der Waals surface area contributed by atoms with Gasteiger partial charge in [-0.1, -0.05) is 12.1 Å². The quantitative estimate of drug-likeness (QED) is 0.575. The number of aromatic amines is 1. The van der Waals surface area contributed by atoms with E-state index in [0.29, 0.717) is 17.5 Å². The van der Waals surface area contributed by atoms with Gasteiger partial charge in [-0.2, -0.15) is 0 Å². The van der Waals surface area contributed by atoms with Crippen molar-refractivity contribution in [3.05, 3.63) is 59.4 Å². The number of nitrogens with two attached hydrogens (primary N) is 1. The summed E-state index contributed by atoms with van der Waals surface area (Å²) in [5.41, 5.74) is 9.70. The van der Waals surface area contributed by atoms with Crippen LogP contribution in [0.2, 0.25) is 0 Å². The van der Waals surface area contributed by atoms with Crippen LogP contribution < -0.4 is 10.6 Å². The molecule has 6 nitrogen and oxygen atoms in total. The molecule has 4 heterocycles. The zero-order valence-electron chi connectivity index (χ0n) is 18.3. The van der Waals surface area contributed by atoms with E-state index in [1.165, 1.54) is 41.5 Å². The standard InChI is InChI=1S/C24H29N5O.2ClH/c1-28-10-2-3-22(28)21-13-19-15-26-23(14-20(19)27-21)29-11-8-17(9-12-29)16-4-6-18(7-5-16)24(25)30;;/h4-7,13-15,17,22,27H,2-3,8-12H2,1H3,(H2,25,30);2*1H/t22-;;/m1../s1. The predicted molar refractivity (Wildman–Crippen MR) is 134 cm³/mol. The summed E-state index contributed by atoms with van der Waals surface area (Å²) in [7, 11) is 2.21. The van der Waals surface area contributed by atoms with Crippen molar-refractivity contribution in [1.82, 2.24) is 14.9 Å². The Morgan fingerprint density at radius 2 is 1.78 bits per heavy atom. The summed E-state index contributed by atoms with van der Waals surface area (Å²) in [6, 6.07) is 12.7. The first-order chi connectivity index (χ1) is 14.6. The number of H-pyrrole nitrogens is 1. The molecule has 1 aromatic carbocycles. The van der Waals surface area contributed by atoms with E-state index < -0.39 is 0 Å². The van der Waals surface area contributed by atoms with Crippen LogP contribution in [0.5, 0.6) is 0 Å². The summed E-state index contributed by atoms with van der Waals surface area (Å²) in [5, 5.41) is 1.19. The van der Waals surface area contributed by atoms with Crippen molar-refractivity contribution < 1.29 is 4.79 Å². The highest BCUT2D eigenvalue weighted by atomic mass is 35.5. The molecule has 0 radical (unpaired) electrons. The van der Waals surface area contributed by atoms with Gasteiger partial charge in [0.2, 0.25) is 5.91 Å². The summed E-state index contributed by atoms with van der Waals surface area (Å²) < 4.78 is 0. The summed E-state index contributed by atoms with van der Waals surface area (Å²) in [6.07, 6.45) is 6.66. The van der Waals surface area contributed by atoms with Gasteiger partial charge in [0, 0.05) is 48.0 Å². The first-order valence-corrected chi connectivity index (χ1v) is 10.9. The van der Waals surface area contributed by atoms with E-state index in [1.54, 1.807) is 0 Å². The van der Waals surface area contributed by atoms with Gasteiger partial charge in [-0.25, -0.2) is 4.98 Å². The lowest BCUT2D eigenvalue weighted by molar-refractivity contribution is 0.100. The SMILES string of the molecule is CN1CCC[C@@H]1c1cc2cnc(N3CCC(c4ccc(C(N)=O)cc4)CC3)cc2[nH]1.Cl.Cl. The van der Waals surface area contributed by atoms with Gasteiger partial charge < -0.3 is 15.6 Å². The molecule has 2 saturated heterocycles. The number of anilines is 1. The molecule has 0 unspecified atom stereocenters. The number of aromatic nitrogens is 2. The Morgan fingerprint density at radius 1 is 1.06 bits per heavy atom. The number of benzene rings is 1. The van der Waals surface area contributed by atoms with Crippen LogP contribution in [0.15, 0.2) is 42.6 Å². The van der Waals surface area contributed by atoms with Crippen molar-refractivity contribution in [1.29, 1.82) is 0 Å². The second kappa shape index (κ2) is 10.1. The van der Waals surface area contributed by atoms with Gasteiger partial charge in [0.25, 0.3) is 0 Å². The molecule has 0 spiro atoms. The van der Waals surface area contributed by atoms with E-state index in [4.69, 9.17) is 10.7 Å². The van der Waals surface area contributed by atoms with Crippen molar-refractivity contribution in [2.24, 2.45) is 5.73 Å². The fourth-order valence-corrected chi connectivity index (χ4v) is 5.05. The first kappa shape index (κ1) is 24.4. The Morgan fingerprint density at radius 3 is 2.41 bits per heavy atom. The number of carbonyl (C=O) groups excluding carboxylic acids is 1. The smallest absolute Gasteiger partial charge is 0.248 e. The number of likely N-dealkylation sites (tertiary alicyclic amines) is 1. The van der Waals surface area contributed by atoms with E-state index >= 15 is 0 Å². The van der Waals surface area contributed by atoms with Gasteiger partial charge in [0.05, 0.1) is 5.52 Å². The van der Waals surface area contributed by atoms with Crippen LogP contribution in [-0.2, 0) is 0 Å². The van der Waals surface area contributed by atoms with Gasteiger partial charge in [-0.05, 0) is 69.0 Å². The highest BCUT2D eigenvalue weighted by Gasteiger charge is 2.25. The molecular formula is C24H31Cl2N5O. The van der Waals surface area contributed by atoms with E-state index in [-0.39, 0.29) is 30.7 Å². The maximum Gasteiger partial charge on any atom is 0.248 e.